The van der Waals surface area contributed by atoms with Crippen molar-refractivity contribution in [1.29, 1.82) is 0 Å². The summed E-state index contributed by atoms with van der Waals surface area (Å²) >= 11 is 0.972. The summed E-state index contributed by atoms with van der Waals surface area (Å²) < 4.78 is 41.4. The van der Waals surface area contributed by atoms with E-state index in [-0.39, 0.29) is 18.1 Å². The molecule has 3 rings (SSSR count). The van der Waals surface area contributed by atoms with Gasteiger partial charge in [-0.15, -0.1) is 0 Å². The summed E-state index contributed by atoms with van der Waals surface area (Å²) in [6.07, 6.45) is -4.73. The van der Waals surface area contributed by atoms with Gasteiger partial charge in [-0.1, -0.05) is 30.3 Å². The van der Waals surface area contributed by atoms with Gasteiger partial charge < -0.3 is 10.2 Å². The van der Waals surface area contributed by atoms with Crippen LogP contribution in [-0.2, 0) is 9.59 Å². The Morgan fingerprint density at radius 1 is 1.32 bits per heavy atom. The lowest BCUT2D eigenvalue weighted by Crippen LogP contribution is -2.36. The van der Waals surface area contributed by atoms with Crippen LogP contribution in [0.4, 0.5) is 18.3 Å². The van der Waals surface area contributed by atoms with Gasteiger partial charge in [-0.2, -0.15) is 22.5 Å². The first-order chi connectivity index (χ1) is 11.8. The second kappa shape index (κ2) is 6.79. The SMILES string of the molecule is O=C(Nc1nc(-c2ccccc2)ns1)C1CC(=O)N(CC(F)(F)F)C1. The fraction of sp³-hybridized carbons (Fsp3) is 0.333. The predicted octanol–water partition coefficient (Wildman–Crippen LogP) is 2.55. The zero-order chi connectivity index (χ0) is 18.0. The van der Waals surface area contributed by atoms with Gasteiger partial charge in [0, 0.05) is 30.1 Å². The third kappa shape index (κ3) is 4.32. The number of hydrogen-bond acceptors (Lipinski definition) is 5. The third-order valence-electron chi connectivity index (χ3n) is 3.64. The van der Waals surface area contributed by atoms with E-state index in [1.165, 1.54) is 0 Å². The van der Waals surface area contributed by atoms with Crippen LogP contribution in [-0.4, -0.2) is 45.3 Å². The minimum atomic E-state index is -4.48. The van der Waals surface area contributed by atoms with E-state index in [0.29, 0.717) is 10.7 Å². The topological polar surface area (TPSA) is 75.2 Å². The molecular formula is C15H13F3N4O2S. The Hall–Kier alpha value is -2.49. The lowest BCUT2D eigenvalue weighted by Gasteiger charge is -2.18. The van der Waals surface area contributed by atoms with E-state index < -0.39 is 30.5 Å². The number of nitrogens with zero attached hydrogens (tertiary/aromatic N) is 3. The number of amides is 2. The summed E-state index contributed by atoms with van der Waals surface area (Å²) in [4.78, 5) is 28.7. The summed E-state index contributed by atoms with van der Waals surface area (Å²) in [5, 5.41) is 2.77. The average Bonchev–Trinajstić information content (AvgIpc) is 3.14. The first-order valence-electron chi connectivity index (χ1n) is 7.36. The Balaban J connectivity index is 1.62. The van der Waals surface area contributed by atoms with Crippen molar-refractivity contribution in [2.45, 2.75) is 12.6 Å². The Morgan fingerprint density at radius 2 is 2.04 bits per heavy atom. The van der Waals surface area contributed by atoms with Crippen LogP contribution in [0, 0.1) is 5.92 Å². The summed E-state index contributed by atoms with van der Waals surface area (Å²) in [5.41, 5.74) is 0.784. The van der Waals surface area contributed by atoms with Crippen molar-refractivity contribution < 1.29 is 22.8 Å². The molecule has 25 heavy (non-hydrogen) atoms. The van der Waals surface area contributed by atoms with Gasteiger partial charge in [0.2, 0.25) is 16.9 Å². The van der Waals surface area contributed by atoms with Gasteiger partial charge in [0.25, 0.3) is 0 Å². The molecule has 1 aliphatic rings. The first kappa shape index (κ1) is 17.3. The van der Waals surface area contributed by atoms with Gasteiger partial charge >= 0.3 is 6.18 Å². The van der Waals surface area contributed by atoms with Crippen molar-refractivity contribution in [2.24, 2.45) is 5.92 Å². The molecule has 1 atom stereocenters. The molecule has 0 radical (unpaired) electrons. The van der Waals surface area contributed by atoms with E-state index in [4.69, 9.17) is 0 Å². The maximum atomic E-state index is 12.4. The molecule has 1 aromatic carbocycles. The van der Waals surface area contributed by atoms with Crippen LogP contribution in [0.3, 0.4) is 0 Å². The van der Waals surface area contributed by atoms with Crippen LogP contribution in [0.2, 0.25) is 0 Å². The number of carbonyl (C=O) groups is 2. The maximum Gasteiger partial charge on any atom is 0.406 e. The Labute approximate surface area is 144 Å². The van der Waals surface area contributed by atoms with Gasteiger partial charge in [-0.25, -0.2) is 0 Å². The monoisotopic (exact) mass is 370 g/mol. The van der Waals surface area contributed by atoms with Crippen molar-refractivity contribution in [2.75, 3.05) is 18.4 Å². The van der Waals surface area contributed by atoms with Crippen molar-refractivity contribution in [3.63, 3.8) is 0 Å². The average molecular weight is 370 g/mol. The number of aromatic nitrogens is 2. The molecule has 0 saturated carbocycles. The normalized spacial score (nSPS) is 17.8. The highest BCUT2D eigenvalue weighted by molar-refractivity contribution is 7.10. The molecule has 0 aliphatic carbocycles. The summed E-state index contributed by atoms with van der Waals surface area (Å²) in [6, 6.07) is 9.14. The molecule has 2 heterocycles. The third-order valence-corrected chi connectivity index (χ3v) is 4.27. The Morgan fingerprint density at radius 3 is 2.72 bits per heavy atom. The van der Waals surface area contributed by atoms with Crippen LogP contribution in [0.25, 0.3) is 11.4 Å². The zero-order valence-electron chi connectivity index (χ0n) is 12.8. The number of likely N-dealkylation sites (tertiary alicyclic amines) is 1. The smallest absolute Gasteiger partial charge is 0.333 e. The number of halogens is 3. The van der Waals surface area contributed by atoms with Crippen molar-refractivity contribution in [3.8, 4) is 11.4 Å². The summed E-state index contributed by atoms with van der Waals surface area (Å²) in [7, 11) is 0. The van der Waals surface area contributed by atoms with Gasteiger partial charge in [-0.3, -0.25) is 9.59 Å². The van der Waals surface area contributed by atoms with Crippen LogP contribution in [0.5, 0.6) is 0 Å². The van der Waals surface area contributed by atoms with Gasteiger partial charge in [-0.05, 0) is 0 Å². The van der Waals surface area contributed by atoms with E-state index in [9.17, 15) is 22.8 Å². The Bertz CT molecular complexity index is 779. The van der Waals surface area contributed by atoms with Crippen molar-refractivity contribution in [3.05, 3.63) is 30.3 Å². The second-order valence-electron chi connectivity index (χ2n) is 5.57. The lowest BCUT2D eigenvalue weighted by atomic mass is 10.1. The molecule has 6 nitrogen and oxygen atoms in total. The van der Waals surface area contributed by atoms with Crippen LogP contribution in [0.15, 0.2) is 30.3 Å². The zero-order valence-corrected chi connectivity index (χ0v) is 13.6. The number of rotatable bonds is 4. The number of hydrogen-bond donors (Lipinski definition) is 1. The second-order valence-corrected chi connectivity index (χ2v) is 6.32. The Kier molecular flexibility index (Phi) is 4.71. The fourth-order valence-electron chi connectivity index (χ4n) is 2.50. The fourth-order valence-corrected chi connectivity index (χ4v) is 3.10. The molecule has 1 fully saturated rings. The molecule has 0 spiro atoms. The van der Waals surface area contributed by atoms with E-state index in [0.717, 1.165) is 17.1 Å². The molecule has 2 amide bonds. The van der Waals surface area contributed by atoms with Gasteiger partial charge in [0.1, 0.15) is 6.54 Å². The van der Waals surface area contributed by atoms with Gasteiger partial charge in [0.15, 0.2) is 5.82 Å². The molecule has 1 aromatic heterocycles. The lowest BCUT2D eigenvalue weighted by molar-refractivity contribution is -0.157. The maximum absolute atomic E-state index is 12.4. The molecule has 0 bridgehead atoms. The van der Waals surface area contributed by atoms with Crippen molar-refractivity contribution in [1.82, 2.24) is 14.3 Å². The van der Waals surface area contributed by atoms with Gasteiger partial charge in [0.05, 0.1) is 5.92 Å². The highest BCUT2D eigenvalue weighted by atomic mass is 32.1. The van der Waals surface area contributed by atoms with E-state index in [1.54, 1.807) is 0 Å². The quantitative estimate of drug-likeness (QED) is 0.898. The number of nitrogens with one attached hydrogen (secondary N) is 1. The van der Waals surface area contributed by atoms with E-state index >= 15 is 0 Å². The standard InChI is InChI=1S/C15H13F3N4O2S/c16-15(17,18)8-22-7-10(6-11(22)23)13(24)20-14-19-12(21-25-14)9-4-2-1-3-5-9/h1-5,10H,6-8H2,(H,19,20,21,24). The van der Waals surface area contributed by atoms with Crippen LogP contribution >= 0.6 is 11.5 Å². The highest BCUT2D eigenvalue weighted by Crippen LogP contribution is 2.26. The first-order valence-corrected chi connectivity index (χ1v) is 8.14. The van der Waals surface area contributed by atoms with Crippen molar-refractivity contribution >= 4 is 28.5 Å². The summed E-state index contributed by atoms with van der Waals surface area (Å²) in [6.45, 7) is -1.60. The highest BCUT2D eigenvalue weighted by Gasteiger charge is 2.40. The number of benzene rings is 1. The largest absolute Gasteiger partial charge is 0.406 e. The molecular weight excluding hydrogens is 357 g/mol. The molecule has 1 unspecified atom stereocenters. The molecule has 10 heteroatoms. The van der Waals surface area contributed by atoms with E-state index in [2.05, 4.69) is 14.7 Å². The molecule has 1 N–H and O–H groups in total. The molecule has 1 saturated heterocycles. The van der Waals surface area contributed by atoms with Crippen LogP contribution in [0.1, 0.15) is 6.42 Å². The molecule has 2 aromatic rings. The summed E-state index contributed by atoms with van der Waals surface area (Å²) in [5.74, 6) is -1.60. The van der Waals surface area contributed by atoms with Crippen LogP contribution < -0.4 is 5.32 Å². The number of alkyl halides is 3. The minimum Gasteiger partial charge on any atom is -0.333 e. The number of carbonyl (C=O) groups excluding carboxylic acids is 2. The predicted molar refractivity (Wildman–Crippen MR) is 84.7 cm³/mol. The number of anilines is 1. The molecule has 132 valence electrons. The van der Waals surface area contributed by atoms with E-state index in [1.807, 2.05) is 30.3 Å². The molecule has 1 aliphatic heterocycles. The minimum absolute atomic E-state index is 0.241.